The van der Waals surface area contributed by atoms with Crippen molar-refractivity contribution in [2.24, 2.45) is 5.92 Å². The Hall–Kier alpha value is -1.89. The molecule has 0 atom stereocenters. The number of ketones is 1. The van der Waals surface area contributed by atoms with Gasteiger partial charge in [-0.1, -0.05) is 0 Å². The maximum Gasteiger partial charge on any atom is 0.229 e. The van der Waals surface area contributed by atoms with Crippen LogP contribution >= 0.6 is 0 Å². The highest BCUT2D eigenvalue weighted by Gasteiger charge is 2.26. The number of rotatable bonds is 4. The van der Waals surface area contributed by atoms with Crippen molar-refractivity contribution in [3.63, 3.8) is 0 Å². The molecule has 1 aromatic carbocycles. The van der Waals surface area contributed by atoms with Gasteiger partial charge in [0.2, 0.25) is 15.9 Å². The van der Waals surface area contributed by atoms with Crippen LogP contribution in [0.5, 0.6) is 0 Å². The highest BCUT2D eigenvalue weighted by atomic mass is 32.2. The van der Waals surface area contributed by atoms with E-state index in [1.165, 1.54) is 6.92 Å². The van der Waals surface area contributed by atoms with E-state index in [0.717, 1.165) is 6.26 Å². The van der Waals surface area contributed by atoms with Crippen LogP contribution in [0.4, 0.5) is 5.69 Å². The molecule has 1 saturated heterocycles. The van der Waals surface area contributed by atoms with Crippen LogP contribution in [0.3, 0.4) is 0 Å². The normalized spacial score (nSPS) is 16.4. The summed E-state index contributed by atoms with van der Waals surface area (Å²) in [6.45, 7) is 2.76. The summed E-state index contributed by atoms with van der Waals surface area (Å²) < 4.78 is 24.6. The molecule has 1 heterocycles. The molecule has 1 fully saturated rings. The number of nitrogens with zero attached hydrogens (tertiary/aromatic N) is 1. The van der Waals surface area contributed by atoms with Crippen LogP contribution < -0.4 is 4.72 Å². The van der Waals surface area contributed by atoms with Gasteiger partial charge in [0.15, 0.2) is 5.78 Å². The number of likely N-dealkylation sites (tertiary alicyclic amines) is 1. The Kier molecular flexibility index (Phi) is 4.85. The lowest BCUT2D eigenvalue weighted by atomic mass is 9.89. The van der Waals surface area contributed by atoms with E-state index in [-0.39, 0.29) is 17.6 Å². The lowest BCUT2D eigenvalue weighted by molar-refractivity contribution is -0.130. The summed E-state index contributed by atoms with van der Waals surface area (Å²) in [5, 5.41) is 0. The minimum atomic E-state index is -3.32. The van der Waals surface area contributed by atoms with Crippen LogP contribution in [0.15, 0.2) is 24.3 Å². The number of carbonyl (C=O) groups is 2. The monoisotopic (exact) mass is 324 g/mol. The Labute approximate surface area is 130 Å². The van der Waals surface area contributed by atoms with Gasteiger partial charge in [-0.3, -0.25) is 14.3 Å². The number of piperidine rings is 1. The van der Waals surface area contributed by atoms with E-state index in [1.54, 1.807) is 29.2 Å². The lowest BCUT2D eigenvalue weighted by Crippen LogP contribution is -2.39. The Bertz CT molecular complexity index is 659. The van der Waals surface area contributed by atoms with Crippen LogP contribution in [0.1, 0.15) is 30.1 Å². The van der Waals surface area contributed by atoms with Crippen LogP contribution in [-0.4, -0.2) is 44.4 Å². The van der Waals surface area contributed by atoms with Crippen molar-refractivity contribution in [1.29, 1.82) is 0 Å². The molecular weight excluding hydrogens is 304 g/mol. The fraction of sp³-hybridized carbons (Fsp3) is 0.467. The number of nitrogens with one attached hydrogen (secondary N) is 1. The number of anilines is 1. The molecule has 1 aliphatic rings. The number of hydrogen-bond acceptors (Lipinski definition) is 4. The second-order valence-corrected chi connectivity index (χ2v) is 7.34. The molecule has 1 aromatic rings. The standard InChI is InChI=1S/C15H20N2O4S/c1-11(18)17-9-7-13(8-10-17)15(19)12-3-5-14(6-4-12)16-22(2,20)21/h3-6,13,16H,7-10H2,1-2H3. The Morgan fingerprint density at radius 2 is 1.68 bits per heavy atom. The van der Waals surface area contributed by atoms with E-state index in [0.29, 0.717) is 37.2 Å². The van der Waals surface area contributed by atoms with Gasteiger partial charge in [-0.2, -0.15) is 0 Å². The summed E-state index contributed by atoms with van der Waals surface area (Å²) in [5.74, 6) is 0.0144. The van der Waals surface area contributed by atoms with Gasteiger partial charge in [0.05, 0.1) is 6.26 Å². The highest BCUT2D eigenvalue weighted by Crippen LogP contribution is 2.22. The molecule has 1 aliphatic heterocycles. The number of amides is 1. The summed E-state index contributed by atoms with van der Waals surface area (Å²) in [6, 6.07) is 6.43. The van der Waals surface area contributed by atoms with E-state index in [9.17, 15) is 18.0 Å². The molecule has 0 saturated carbocycles. The van der Waals surface area contributed by atoms with Gasteiger partial charge >= 0.3 is 0 Å². The summed E-state index contributed by atoms with van der Waals surface area (Å²) in [4.78, 5) is 25.5. The molecule has 0 spiro atoms. The fourth-order valence-corrected chi connectivity index (χ4v) is 3.17. The Morgan fingerprint density at radius 3 is 2.14 bits per heavy atom. The topological polar surface area (TPSA) is 83.6 Å². The summed E-state index contributed by atoms with van der Waals surface area (Å²) >= 11 is 0. The van der Waals surface area contributed by atoms with Crippen LogP contribution in [0.2, 0.25) is 0 Å². The third-order valence-corrected chi connectivity index (χ3v) is 4.39. The average Bonchev–Trinajstić information content (AvgIpc) is 2.46. The smallest absolute Gasteiger partial charge is 0.229 e. The minimum absolute atomic E-state index is 0.0436. The zero-order valence-corrected chi connectivity index (χ0v) is 13.5. The van der Waals surface area contributed by atoms with Gasteiger partial charge in [-0.15, -0.1) is 0 Å². The number of benzene rings is 1. The first-order chi connectivity index (χ1) is 10.3. The van der Waals surface area contributed by atoms with Gasteiger partial charge in [0, 0.05) is 37.2 Å². The van der Waals surface area contributed by atoms with Crippen LogP contribution in [0, 0.1) is 5.92 Å². The zero-order chi connectivity index (χ0) is 16.3. The molecule has 7 heteroatoms. The summed E-state index contributed by atoms with van der Waals surface area (Å²) in [6.07, 6.45) is 2.42. The SMILES string of the molecule is CC(=O)N1CCC(C(=O)c2ccc(NS(C)(=O)=O)cc2)CC1. The number of carbonyl (C=O) groups excluding carboxylic acids is 2. The van der Waals surface area contributed by atoms with Crippen molar-refractivity contribution in [3.8, 4) is 0 Å². The van der Waals surface area contributed by atoms with Crippen molar-refractivity contribution >= 4 is 27.4 Å². The molecule has 1 N–H and O–H groups in total. The molecule has 1 amide bonds. The molecule has 0 aliphatic carbocycles. The lowest BCUT2D eigenvalue weighted by Gasteiger charge is -2.30. The van der Waals surface area contributed by atoms with Crippen molar-refractivity contribution < 1.29 is 18.0 Å². The first-order valence-electron chi connectivity index (χ1n) is 7.14. The van der Waals surface area contributed by atoms with E-state index in [1.807, 2.05) is 0 Å². The number of sulfonamides is 1. The maximum absolute atomic E-state index is 12.4. The van der Waals surface area contributed by atoms with Crippen molar-refractivity contribution in [2.75, 3.05) is 24.1 Å². The van der Waals surface area contributed by atoms with Crippen molar-refractivity contribution in [1.82, 2.24) is 4.90 Å². The molecule has 0 bridgehead atoms. The quantitative estimate of drug-likeness (QED) is 0.851. The number of Topliss-reactive ketones (excluding diaryl/α,β-unsaturated/α-hetero) is 1. The first kappa shape index (κ1) is 16.5. The zero-order valence-electron chi connectivity index (χ0n) is 12.7. The molecule has 120 valence electrons. The molecule has 6 nitrogen and oxygen atoms in total. The molecule has 0 unspecified atom stereocenters. The van der Waals surface area contributed by atoms with E-state index >= 15 is 0 Å². The van der Waals surface area contributed by atoms with Gasteiger partial charge in [-0.25, -0.2) is 8.42 Å². The van der Waals surface area contributed by atoms with E-state index in [2.05, 4.69) is 4.72 Å². The molecular formula is C15H20N2O4S. The Balaban J connectivity index is 2.00. The number of hydrogen-bond donors (Lipinski definition) is 1. The molecule has 22 heavy (non-hydrogen) atoms. The Morgan fingerprint density at radius 1 is 1.14 bits per heavy atom. The summed E-state index contributed by atoms with van der Waals surface area (Å²) in [7, 11) is -3.32. The van der Waals surface area contributed by atoms with Crippen LogP contribution in [-0.2, 0) is 14.8 Å². The van der Waals surface area contributed by atoms with E-state index < -0.39 is 10.0 Å². The molecule has 2 rings (SSSR count). The van der Waals surface area contributed by atoms with Gasteiger partial charge in [0.25, 0.3) is 0 Å². The second kappa shape index (κ2) is 6.48. The third kappa shape index (κ3) is 4.30. The fourth-order valence-electron chi connectivity index (χ4n) is 2.61. The predicted octanol–water partition coefficient (Wildman–Crippen LogP) is 1.50. The minimum Gasteiger partial charge on any atom is -0.343 e. The van der Waals surface area contributed by atoms with Gasteiger partial charge in [0.1, 0.15) is 0 Å². The summed E-state index contributed by atoms with van der Waals surface area (Å²) in [5.41, 5.74) is 1.01. The van der Waals surface area contributed by atoms with Crippen molar-refractivity contribution in [3.05, 3.63) is 29.8 Å². The molecule has 0 radical (unpaired) electrons. The molecule has 0 aromatic heterocycles. The second-order valence-electron chi connectivity index (χ2n) is 5.60. The predicted molar refractivity (Wildman–Crippen MR) is 84.2 cm³/mol. The van der Waals surface area contributed by atoms with Crippen LogP contribution in [0.25, 0.3) is 0 Å². The third-order valence-electron chi connectivity index (χ3n) is 3.78. The average molecular weight is 324 g/mol. The maximum atomic E-state index is 12.4. The highest BCUT2D eigenvalue weighted by molar-refractivity contribution is 7.92. The van der Waals surface area contributed by atoms with Gasteiger partial charge in [-0.05, 0) is 37.1 Å². The van der Waals surface area contributed by atoms with Crippen molar-refractivity contribution in [2.45, 2.75) is 19.8 Å². The van der Waals surface area contributed by atoms with E-state index in [4.69, 9.17) is 0 Å². The first-order valence-corrected chi connectivity index (χ1v) is 9.03. The largest absolute Gasteiger partial charge is 0.343 e. The van der Waals surface area contributed by atoms with Gasteiger partial charge < -0.3 is 4.90 Å².